The van der Waals surface area contributed by atoms with E-state index in [1.54, 1.807) is 0 Å². The van der Waals surface area contributed by atoms with Gasteiger partial charge in [-0.15, -0.1) is 0 Å². The van der Waals surface area contributed by atoms with E-state index in [4.69, 9.17) is 8.85 Å². The van der Waals surface area contributed by atoms with Crippen LogP contribution < -0.4 is 8.85 Å². The molecule has 0 aliphatic rings. The average molecular weight is 253 g/mol. The van der Waals surface area contributed by atoms with Crippen molar-refractivity contribution in [3.8, 4) is 11.5 Å². The summed E-state index contributed by atoms with van der Waals surface area (Å²) in [6, 6.07) is 9.02. The summed E-state index contributed by atoms with van der Waals surface area (Å²) in [4.78, 5) is 0. The Bertz CT molecular complexity index is 320. The molecule has 0 bridgehead atoms. The Morgan fingerprint density at radius 3 is 1.50 bits per heavy atom. The smallest absolute Gasteiger partial charge is 0.242 e. The van der Waals surface area contributed by atoms with Crippen LogP contribution in [-0.4, -0.2) is 16.6 Å². The Labute approximate surface area is 101 Å². The van der Waals surface area contributed by atoms with Gasteiger partial charge in [0.1, 0.15) is 11.5 Å². The van der Waals surface area contributed by atoms with Crippen LogP contribution in [0, 0.1) is 6.07 Å². The van der Waals surface area contributed by atoms with E-state index >= 15 is 0 Å². The first-order valence-electron chi connectivity index (χ1n) is 5.56. The van der Waals surface area contributed by atoms with Gasteiger partial charge in [0.15, 0.2) is 0 Å². The van der Waals surface area contributed by atoms with Crippen molar-refractivity contribution in [2.75, 3.05) is 0 Å². The highest BCUT2D eigenvalue weighted by atomic mass is 28.4. The lowest BCUT2D eigenvalue weighted by atomic mass is 10.3. The Balaban J connectivity index is 2.79. The first-order valence-corrected chi connectivity index (χ1v) is 12.4. The number of hydrogen-bond acceptors (Lipinski definition) is 2. The molecule has 0 atom stereocenters. The number of hydrogen-bond donors (Lipinski definition) is 0. The van der Waals surface area contributed by atoms with Crippen LogP contribution in [0.2, 0.25) is 39.3 Å². The molecule has 0 amide bonds. The summed E-state index contributed by atoms with van der Waals surface area (Å²) in [5, 5.41) is 0. The number of rotatable bonds is 4. The average Bonchev–Trinajstić information content (AvgIpc) is 1.96. The quantitative estimate of drug-likeness (QED) is 0.757. The molecule has 4 heteroatoms. The van der Waals surface area contributed by atoms with Crippen molar-refractivity contribution >= 4 is 16.6 Å². The molecule has 0 aliphatic carbocycles. The van der Waals surface area contributed by atoms with Gasteiger partial charge in [-0.1, -0.05) is 6.07 Å². The minimum Gasteiger partial charge on any atom is -0.544 e. The highest BCUT2D eigenvalue weighted by Crippen LogP contribution is 2.23. The van der Waals surface area contributed by atoms with Crippen molar-refractivity contribution in [1.82, 2.24) is 0 Å². The van der Waals surface area contributed by atoms with E-state index in [1.165, 1.54) is 0 Å². The van der Waals surface area contributed by atoms with Crippen LogP contribution in [0.25, 0.3) is 0 Å². The molecule has 0 N–H and O–H groups in total. The van der Waals surface area contributed by atoms with Gasteiger partial charge in [0.2, 0.25) is 16.6 Å². The first-order chi connectivity index (χ1) is 7.16. The van der Waals surface area contributed by atoms with E-state index < -0.39 is 16.6 Å². The third-order valence-corrected chi connectivity index (χ3v) is 3.24. The second-order valence-corrected chi connectivity index (χ2v) is 14.7. The molecular weight excluding hydrogens is 232 g/mol. The molecule has 1 radical (unpaired) electrons. The lowest BCUT2D eigenvalue weighted by Gasteiger charge is -2.22. The minimum atomic E-state index is -1.56. The summed E-state index contributed by atoms with van der Waals surface area (Å²) in [7, 11) is -3.11. The highest BCUT2D eigenvalue weighted by Gasteiger charge is 2.19. The van der Waals surface area contributed by atoms with Crippen LogP contribution in [0.15, 0.2) is 18.2 Å². The Hall–Kier alpha value is -0.746. The molecule has 1 aromatic carbocycles. The fourth-order valence-corrected chi connectivity index (χ4v) is 2.76. The van der Waals surface area contributed by atoms with Crippen LogP contribution in [-0.2, 0) is 0 Å². The van der Waals surface area contributed by atoms with Crippen molar-refractivity contribution in [3.63, 3.8) is 0 Å². The SMILES string of the molecule is C[Si](C)(C)Oc1[c]c(O[Si](C)(C)C)ccc1. The predicted octanol–water partition coefficient (Wildman–Crippen LogP) is 3.91. The zero-order valence-corrected chi connectivity index (χ0v) is 13.0. The maximum absolute atomic E-state index is 5.88. The third kappa shape index (κ3) is 5.37. The van der Waals surface area contributed by atoms with Crippen LogP contribution in [0.5, 0.6) is 11.5 Å². The molecule has 2 nitrogen and oxygen atoms in total. The molecule has 89 valence electrons. The third-order valence-electron chi connectivity index (χ3n) is 1.57. The first kappa shape index (κ1) is 13.3. The molecule has 0 aliphatic heterocycles. The van der Waals surface area contributed by atoms with Gasteiger partial charge < -0.3 is 8.85 Å². The molecular formula is C12H21O2Si2. The second kappa shape index (κ2) is 4.63. The van der Waals surface area contributed by atoms with Crippen LogP contribution in [0.4, 0.5) is 0 Å². The van der Waals surface area contributed by atoms with Crippen molar-refractivity contribution < 1.29 is 8.85 Å². The minimum absolute atomic E-state index is 0.801. The van der Waals surface area contributed by atoms with Gasteiger partial charge in [-0.2, -0.15) is 0 Å². The Morgan fingerprint density at radius 2 is 1.19 bits per heavy atom. The van der Waals surface area contributed by atoms with Crippen molar-refractivity contribution in [2.45, 2.75) is 39.3 Å². The van der Waals surface area contributed by atoms with Gasteiger partial charge in [0, 0.05) is 0 Å². The van der Waals surface area contributed by atoms with Gasteiger partial charge in [-0.25, -0.2) is 0 Å². The van der Waals surface area contributed by atoms with E-state index in [0.29, 0.717) is 0 Å². The summed E-state index contributed by atoms with van der Waals surface area (Å²) >= 11 is 0. The van der Waals surface area contributed by atoms with Crippen molar-refractivity contribution in [2.24, 2.45) is 0 Å². The van der Waals surface area contributed by atoms with E-state index in [2.05, 4.69) is 45.3 Å². The molecule has 0 fully saturated rings. The van der Waals surface area contributed by atoms with Crippen LogP contribution in [0.3, 0.4) is 0 Å². The summed E-state index contributed by atoms with van der Waals surface area (Å²) in [6.45, 7) is 13.0. The van der Waals surface area contributed by atoms with E-state index in [0.717, 1.165) is 11.5 Å². The molecule has 0 unspecified atom stereocenters. The molecule has 0 spiro atoms. The molecule has 0 saturated heterocycles. The summed E-state index contributed by atoms with van der Waals surface area (Å²) in [5.74, 6) is 1.60. The summed E-state index contributed by atoms with van der Waals surface area (Å²) in [5.41, 5.74) is 0. The fourth-order valence-electron chi connectivity index (χ4n) is 1.21. The molecule has 16 heavy (non-hydrogen) atoms. The number of benzene rings is 1. The maximum Gasteiger partial charge on any atom is 0.242 e. The van der Waals surface area contributed by atoms with E-state index in [-0.39, 0.29) is 0 Å². The molecule has 1 rings (SSSR count). The van der Waals surface area contributed by atoms with Gasteiger partial charge in [-0.05, 0) is 51.4 Å². The van der Waals surface area contributed by atoms with Crippen molar-refractivity contribution in [3.05, 3.63) is 24.3 Å². The Kier molecular flexibility index (Phi) is 3.85. The fraction of sp³-hybridized carbons (Fsp3) is 0.500. The summed E-state index contributed by atoms with van der Waals surface area (Å²) < 4.78 is 11.8. The van der Waals surface area contributed by atoms with Gasteiger partial charge in [0.25, 0.3) is 0 Å². The highest BCUT2D eigenvalue weighted by molar-refractivity contribution is 6.70. The van der Waals surface area contributed by atoms with Crippen molar-refractivity contribution in [1.29, 1.82) is 0 Å². The van der Waals surface area contributed by atoms with Gasteiger partial charge in [-0.3, -0.25) is 0 Å². The van der Waals surface area contributed by atoms with Gasteiger partial charge in [0.05, 0.1) is 6.07 Å². The maximum atomic E-state index is 5.88. The normalized spacial score (nSPS) is 12.4. The predicted molar refractivity (Wildman–Crippen MR) is 73.2 cm³/mol. The largest absolute Gasteiger partial charge is 0.544 e. The molecule has 1 aromatic rings. The summed E-state index contributed by atoms with van der Waals surface area (Å²) in [6.07, 6.45) is 0. The standard InChI is InChI=1S/C12H21O2Si2/c1-15(2,3)13-11-8-7-9-12(10-11)14-16(4,5)6/h7-9H,1-6H3. The molecule has 0 saturated carbocycles. The van der Waals surface area contributed by atoms with E-state index in [9.17, 15) is 0 Å². The Morgan fingerprint density at radius 1 is 0.812 bits per heavy atom. The zero-order chi connectivity index (χ0) is 12.4. The lowest BCUT2D eigenvalue weighted by molar-refractivity contribution is 0.531. The topological polar surface area (TPSA) is 18.5 Å². The van der Waals surface area contributed by atoms with Crippen LogP contribution in [0.1, 0.15) is 0 Å². The lowest BCUT2D eigenvalue weighted by Crippen LogP contribution is -2.30. The molecule has 0 aromatic heterocycles. The van der Waals surface area contributed by atoms with E-state index in [1.807, 2.05) is 18.2 Å². The zero-order valence-electron chi connectivity index (χ0n) is 11.0. The molecule has 0 heterocycles. The van der Waals surface area contributed by atoms with Gasteiger partial charge >= 0.3 is 0 Å². The van der Waals surface area contributed by atoms with Crippen LogP contribution >= 0.6 is 0 Å². The monoisotopic (exact) mass is 253 g/mol. The second-order valence-electron chi connectivity index (χ2n) is 5.81.